The van der Waals surface area contributed by atoms with Crippen molar-refractivity contribution in [3.63, 3.8) is 0 Å². The molecule has 2 amide bonds. The smallest absolute Gasteiger partial charge is 0.239 e. The number of amides is 2. The summed E-state index contributed by atoms with van der Waals surface area (Å²) in [6.07, 6.45) is 0. The normalized spacial score (nSPS) is 17.4. The maximum atomic E-state index is 11.8. The first-order chi connectivity index (χ1) is 8.56. The maximum absolute atomic E-state index is 11.8. The molecule has 1 aliphatic heterocycles. The molecule has 0 aromatic rings. The summed E-state index contributed by atoms with van der Waals surface area (Å²) in [4.78, 5) is 27.0. The Balaban J connectivity index is 2.30. The third-order valence-electron chi connectivity index (χ3n) is 3.14. The average molecular weight is 257 g/mol. The van der Waals surface area contributed by atoms with Crippen LogP contribution in [0.1, 0.15) is 13.8 Å². The van der Waals surface area contributed by atoms with Crippen molar-refractivity contribution in [2.75, 3.05) is 46.4 Å². The summed E-state index contributed by atoms with van der Waals surface area (Å²) < 4.78 is 5.18. The van der Waals surface area contributed by atoms with Crippen LogP contribution in [0, 0.1) is 0 Å². The van der Waals surface area contributed by atoms with Crippen molar-refractivity contribution in [3.8, 4) is 0 Å². The van der Waals surface area contributed by atoms with E-state index in [1.165, 1.54) is 0 Å². The lowest BCUT2D eigenvalue weighted by Crippen LogP contribution is -2.49. The Bertz CT molecular complexity index is 290. The fraction of sp³-hybridized carbons (Fsp3) is 0.833. The van der Waals surface area contributed by atoms with E-state index in [-0.39, 0.29) is 24.4 Å². The van der Waals surface area contributed by atoms with Gasteiger partial charge in [0, 0.05) is 26.7 Å². The molecule has 1 unspecified atom stereocenters. The molecule has 1 aliphatic rings. The Labute approximate surface area is 108 Å². The highest BCUT2D eigenvalue weighted by Gasteiger charge is 2.20. The van der Waals surface area contributed by atoms with Gasteiger partial charge in [-0.15, -0.1) is 0 Å². The van der Waals surface area contributed by atoms with E-state index in [2.05, 4.69) is 5.32 Å². The molecule has 18 heavy (non-hydrogen) atoms. The zero-order valence-electron chi connectivity index (χ0n) is 11.4. The van der Waals surface area contributed by atoms with Gasteiger partial charge < -0.3 is 14.5 Å². The number of hydrogen-bond donors (Lipinski definition) is 1. The number of hydrogen-bond acceptors (Lipinski definition) is 4. The quantitative estimate of drug-likeness (QED) is 0.707. The first-order valence-corrected chi connectivity index (χ1v) is 6.40. The second-order valence-electron chi connectivity index (χ2n) is 4.45. The largest absolute Gasteiger partial charge is 0.378 e. The molecule has 0 bridgehead atoms. The van der Waals surface area contributed by atoms with Gasteiger partial charge in [-0.2, -0.15) is 0 Å². The van der Waals surface area contributed by atoms with Gasteiger partial charge in [0.15, 0.2) is 0 Å². The second kappa shape index (κ2) is 7.33. The molecule has 1 atom stereocenters. The molecule has 0 spiro atoms. The summed E-state index contributed by atoms with van der Waals surface area (Å²) in [5.74, 6) is 0.0318. The zero-order valence-corrected chi connectivity index (χ0v) is 11.4. The topological polar surface area (TPSA) is 61.9 Å². The minimum atomic E-state index is -0.333. The maximum Gasteiger partial charge on any atom is 0.239 e. The van der Waals surface area contributed by atoms with Crippen molar-refractivity contribution in [2.45, 2.75) is 19.9 Å². The van der Waals surface area contributed by atoms with Gasteiger partial charge in [0.2, 0.25) is 11.8 Å². The van der Waals surface area contributed by atoms with E-state index in [1.54, 1.807) is 23.8 Å². The molecular weight excluding hydrogens is 234 g/mol. The summed E-state index contributed by atoms with van der Waals surface area (Å²) >= 11 is 0. The third-order valence-corrected chi connectivity index (χ3v) is 3.14. The van der Waals surface area contributed by atoms with Gasteiger partial charge in [0.25, 0.3) is 0 Å². The molecule has 1 saturated heterocycles. The molecule has 0 aliphatic carbocycles. The van der Waals surface area contributed by atoms with E-state index in [1.807, 2.05) is 6.92 Å². The third kappa shape index (κ3) is 4.27. The highest BCUT2D eigenvalue weighted by molar-refractivity contribution is 5.83. The van der Waals surface area contributed by atoms with Crippen LogP contribution in [0.4, 0.5) is 0 Å². The summed E-state index contributed by atoms with van der Waals surface area (Å²) in [6.45, 7) is 7.03. The zero-order chi connectivity index (χ0) is 13.5. The van der Waals surface area contributed by atoms with Crippen molar-refractivity contribution < 1.29 is 14.3 Å². The standard InChI is InChI=1S/C12H23N3O3/c1-4-14(3)12(17)10(2)13-9-11(16)15-5-7-18-8-6-15/h10,13H,4-9H2,1-3H3. The highest BCUT2D eigenvalue weighted by atomic mass is 16.5. The summed E-state index contributed by atoms with van der Waals surface area (Å²) in [7, 11) is 1.75. The van der Waals surface area contributed by atoms with Crippen LogP contribution < -0.4 is 5.32 Å². The van der Waals surface area contributed by atoms with Crippen LogP contribution in [0.25, 0.3) is 0 Å². The van der Waals surface area contributed by atoms with Crippen LogP contribution in [0.15, 0.2) is 0 Å². The number of carbonyl (C=O) groups excluding carboxylic acids is 2. The number of nitrogens with one attached hydrogen (secondary N) is 1. The molecule has 0 aromatic heterocycles. The highest BCUT2D eigenvalue weighted by Crippen LogP contribution is 1.97. The second-order valence-corrected chi connectivity index (χ2v) is 4.45. The van der Waals surface area contributed by atoms with Crippen molar-refractivity contribution in [1.82, 2.24) is 15.1 Å². The molecule has 1 N–H and O–H groups in total. The Kier molecular flexibility index (Phi) is 6.07. The molecular formula is C12H23N3O3. The van der Waals surface area contributed by atoms with Crippen LogP contribution in [0.2, 0.25) is 0 Å². The number of carbonyl (C=O) groups is 2. The summed E-state index contributed by atoms with van der Waals surface area (Å²) in [6, 6.07) is -0.333. The first-order valence-electron chi connectivity index (χ1n) is 6.40. The van der Waals surface area contributed by atoms with Crippen molar-refractivity contribution in [3.05, 3.63) is 0 Å². The number of likely N-dealkylation sites (N-methyl/N-ethyl adjacent to an activating group) is 1. The first kappa shape index (κ1) is 14.9. The Morgan fingerprint density at radius 3 is 2.56 bits per heavy atom. The van der Waals surface area contributed by atoms with Gasteiger partial charge >= 0.3 is 0 Å². The molecule has 1 heterocycles. The van der Waals surface area contributed by atoms with Crippen LogP contribution in [-0.4, -0.2) is 74.1 Å². The number of morpholine rings is 1. The van der Waals surface area contributed by atoms with Gasteiger partial charge in [-0.25, -0.2) is 0 Å². The molecule has 0 aromatic carbocycles. The minimum absolute atomic E-state index is 0.00674. The molecule has 1 rings (SSSR count). The SMILES string of the molecule is CCN(C)C(=O)C(C)NCC(=O)N1CCOCC1. The van der Waals surface area contributed by atoms with Crippen LogP contribution in [0.3, 0.4) is 0 Å². The van der Waals surface area contributed by atoms with E-state index in [0.29, 0.717) is 32.8 Å². The van der Waals surface area contributed by atoms with Crippen molar-refractivity contribution in [1.29, 1.82) is 0 Å². The minimum Gasteiger partial charge on any atom is -0.378 e. The van der Waals surface area contributed by atoms with Gasteiger partial charge in [0.05, 0.1) is 25.8 Å². The summed E-state index contributed by atoms with van der Waals surface area (Å²) in [5.41, 5.74) is 0. The fourth-order valence-electron chi connectivity index (χ4n) is 1.74. The summed E-state index contributed by atoms with van der Waals surface area (Å²) in [5, 5.41) is 2.97. The van der Waals surface area contributed by atoms with E-state index >= 15 is 0 Å². The monoisotopic (exact) mass is 257 g/mol. The van der Waals surface area contributed by atoms with E-state index in [0.717, 1.165) is 0 Å². The Hall–Kier alpha value is -1.14. The molecule has 1 fully saturated rings. The van der Waals surface area contributed by atoms with Gasteiger partial charge in [-0.1, -0.05) is 0 Å². The van der Waals surface area contributed by atoms with Gasteiger partial charge in [-0.05, 0) is 13.8 Å². The fourth-order valence-corrected chi connectivity index (χ4v) is 1.74. The van der Waals surface area contributed by atoms with Crippen molar-refractivity contribution in [2.24, 2.45) is 0 Å². The molecule has 0 saturated carbocycles. The number of ether oxygens (including phenoxy) is 1. The average Bonchev–Trinajstić information content (AvgIpc) is 2.43. The lowest BCUT2D eigenvalue weighted by molar-refractivity contribution is -0.135. The van der Waals surface area contributed by atoms with Gasteiger partial charge in [0.1, 0.15) is 0 Å². The number of nitrogens with zero attached hydrogens (tertiary/aromatic N) is 2. The molecule has 6 heteroatoms. The van der Waals surface area contributed by atoms with E-state index < -0.39 is 0 Å². The van der Waals surface area contributed by atoms with Crippen molar-refractivity contribution >= 4 is 11.8 Å². The predicted molar refractivity (Wildman–Crippen MR) is 68.2 cm³/mol. The van der Waals surface area contributed by atoms with Crippen LogP contribution in [0.5, 0.6) is 0 Å². The van der Waals surface area contributed by atoms with Gasteiger partial charge in [-0.3, -0.25) is 14.9 Å². The Morgan fingerprint density at radius 1 is 1.39 bits per heavy atom. The molecule has 104 valence electrons. The predicted octanol–water partition coefficient (Wildman–Crippen LogP) is -0.698. The lowest BCUT2D eigenvalue weighted by Gasteiger charge is -2.28. The van der Waals surface area contributed by atoms with E-state index in [9.17, 15) is 9.59 Å². The van der Waals surface area contributed by atoms with E-state index in [4.69, 9.17) is 4.74 Å². The lowest BCUT2D eigenvalue weighted by atomic mass is 10.3. The molecule has 0 radical (unpaired) electrons. The van der Waals surface area contributed by atoms with Crippen LogP contribution in [-0.2, 0) is 14.3 Å². The van der Waals surface area contributed by atoms with Crippen LogP contribution >= 0.6 is 0 Å². The Morgan fingerprint density at radius 2 is 2.00 bits per heavy atom. The number of rotatable bonds is 5. The molecule has 6 nitrogen and oxygen atoms in total.